The van der Waals surface area contributed by atoms with Gasteiger partial charge in [0.25, 0.3) is 5.91 Å². The Labute approximate surface area is 218 Å². The second kappa shape index (κ2) is 10.3. The van der Waals surface area contributed by atoms with Crippen molar-refractivity contribution < 1.29 is 4.79 Å². The molecule has 9 heteroatoms. The lowest BCUT2D eigenvalue weighted by molar-refractivity contribution is 0.0929. The predicted octanol–water partition coefficient (Wildman–Crippen LogP) is 4.15. The van der Waals surface area contributed by atoms with Gasteiger partial charge < -0.3 is 20.0 Å². The topological polar surface area (TPSA) is 80.4 Å². The van der Waals surface area contributed by atoms with Crippen LogP contribution in [0.25, 0.3) is 10.9 Å². The first kappa shape index (κ1) is 24.8. The molecule has 0 bridgehead atoms. The number of aromatic nitrogens is 3. The van der Waals surface area contributed by atoms with Gasteiger partial charge in [-0.25, -0.2) is 4.98 Å². The van der Waals surface area contributed by atoms with Gasteiger partial charge in [-0.2, -0.15) is 5.10 Å². The van der Waals surface area contributed by atoms with Crippen LogP contribution in [0.5, 0.6) is 0 Å². The van der Waals surface area contributed by atoms with E-state index < -0.39 is 0 Å². The number of benzene rings is 1. The number of H-pyrrole nitrogens is 1. The summed E-state index contributed by atoms with van der Waals surface area (Å²) < 4.78 is 0. The number of aromatic amines is 1. The van der Waals surface area contributed by atoms with Crippen molar-refractivity contribution in [2.24, 2.45) is 0 Å². The third kappa shape index (κ3) is 4.89. The lowest BCUT2D eigenvalue weighted by Crippen LogP contribution is -2.41. The van der Waals surface area contributed by atoms with E-state index in [4.69, 9.17) is 16.6 Å². The summed E-state index contributed by atoms with van der Waals surface area (Å²) >= 11 is 6.84. The number of carbonyl (C=O) groups excluding carboxylic acids is 1. The van der Waals surface area contributed by atoms with E-state index in [9.17, 15) is 4.79 Å². The number of likely N-dealkylation sites (N-methyl/N-ethyl adjacent to an activating group) is 1. The molecular formula is C27H36ClN7O. The lowest BCUT2D eigenvalue weighted by Gasteiger charge is -2.36. The number of piperidine rings is 1. The van der Waals surface area contributed by atoms with Crippen LogP contribution >= 0.6 is 11.6 Å². The molecule has 192 valence electrons. The molecule has 2 aliphatic rings. The van der Waals surface area contributed by atoms with Crippen molar-refractivity contribution in [2.75, 3.05) is 50.1 Å². The van der Waals surface area contributed by atoms with E-state index in [1.54, 1.807) is 0 Å². The first-order chi connectivity index (χ1) is 17.3. The van der Waals surface area contributed by atoms with Gasteiger partial charge in [0.15, 0.2) is 0 Å². The van der Waals surface area contributed by atoms with Crippen molar-refractivity contribution in [3.63, 3.8) is 0 Å². The number of hydrogen-bond acceptors (Lipinski definition) is 6. The fraction of sp³-hybridized carbons (Fsp3) is 0.519. The highest BCUT2D eigenvalue weighted by Gasteiger charge is 2.28. The van der Waals surface area contributed by atoms with Crippen molar-refractivity contribution in [3.8, 4) is 0 Å². The fourth-order valence-corrected chi connectivity index (χ4v) is 5.90. The molecule has 1 fully saturated rings. The van der Waals surface area contributed by atoms with Gasteiger partial charge >= 0.3 is 0 Å². The highest BCUT2D eigenvalue weighted by molar-refractivity contribution is 6.35. The second-order valence-electron chi connectivity index (χ2n) is 10.5. The largest absolute Gasteiger partial charge is 0.371 e. The highest BCUT2D eigenvalue weighted by Crippen LogP contribution is 2.40. The molecule has 5 rings (SSSR count). The minimum Gasteiger partial charge on any atom is -0.371 e. The summed E-state index contributed by atoms with van der Waals surface area (Å²) in [5.41, 5.74) is 6.87. The molecule has 1 aromatic carbocycles. The van der Waals surface area contributed by atoms with Gasteiger partial charge in [-0.15, -0.1) is 0 Å². The minimum absolute atomic E-state index is 0.0285. The molecule has 0 aliphatic carbocycles. The Morgan fingerprint density at radius 2 is 1.97 bits per heavy atom. The smallest absolute Gasteiger partial charge is 0.270 e. The number of anilines is 2. The van der Waals surface area contributed by atoms with Crippen LogP contribution in [-0.4, -0.2) is 72.3 Å². The van der Waals surface area contributed by atoms with Gasteiger partial charge in [0, 0.05) is 48.9 Å². The Hall–Kier alpha value is -2.84. The number of rotatable bonds is 6. The van der Waals surface area contributed by atoms with Crippen molar-refractivity contribution in [2.45, 2.75) is 52.1 Å². The first-order valence-corrected chi connectivity index (χ1v) is 13.3. The minimum atomic E-state index is -0.117. The normalized spacial score (nSPS) is 16.9. The summed E-state index contributed by atoms with van der Waals surface area (Å²) in [7, 11) is 4.02. The lowest BCUT2D eigenvalue weighted by atomic mass is 9.98. The molecule has 2 aromatic heterocycles. The molecule has 2 N–H and O–H groups in total. The van der Waals surface area contributed by atoms with Gasteiger partial charge in [0.05, 0.1) is 34.7 Å². The monoisotopic (exact) mass is 509 g/mol. The number of hydrogen-bond donors (Lipinski definition) is 2. The van der Waals surface area contributed by atoms with Gasteiger partial charge in [0.1, 0.15) is 5.69 Å². The molecule has 2 aliphatic heterocycles. The van der Waals surface area contributed by atoms with E-state index >= 15 is 0 Å². The van der Waals surface area contributed by atoms with E-state index in [-0.39, 0.29) is 11.9 Å². The van der Waals surface area contributed by atoms with Crippen molar-refractivity contribution in [3.05, 3.63) is 45.9 Å². The van der Waals surface area contributed by atoms with E-state index in [2.05, 4.69) is 30.2 Å². The molecular weight excluding hydrogens is 474 g/mol. The summed E-state index contributed by atoms with van der Waals surface area (Å²) in [6.45, 7) is 8.32. The Bertz CT molecular complexity index is 1260. The standard InChI is InChI=1S/C27H36ClN7O/c1-17-12-21-20(14-29-32-21)26(25(17)28)35-11-8-19-23(16-35)31-22(27(36)30-18(2)15-33(3)4)13-24(19)34-9-6-5-7-10-34/h12-14,18H,5-11,15-16H2,1-4H3,(H,29,32)(H,30,36)/t18-/m1/s1. The maximum atomic E-state index is 13.3. The molecule has 36 heavy (non-hydrogen) atoms. The van der Waals surface area contributed by atoms with E-state index in [0.717, 1.165) is 65.5 Å². The maximum absolute atomic E-state index is 13.3. The SMILES string of the molecule is Cc1cc2[nH]ncc2c(N2CCc3c(N4CCCCC4)cc(C(=O)N[C@H](C)CN(C)C)nc3C2)c1Cl. The molecule has 0 saturated carbocycles. The maximum Gasteiger partial charge on any atom is 0.270 e. The van der Waals surface area contributed by atoms with Crippen molar-refractivity contribution in [1.29, 1.82) is 0 Å². The van der Waals surface area contributed by atoms with Crippen LogP contribution < -0.4 is 15.1 Å². The van der Waals surface area contributed by atoms with Crippen LogP contribution in [0, 0.1) is 6.92 Å². The second-order valence-corrected chi connectivity index (χ2v) is 10.9. The van der Waals surface area contributed by atoms with Gasteiger partial charge in [-0.3, -0.25) is 9.89 Å². The number of pyridine rings is 1. The molecule has 0 unspecified atom stereocenters. The van der Waals surface area contributed by atoms with Crippen LogP contribution in [-0.2, 0) is 13.0 Å². The van der Waals surface area contributed by atoms with E-state index in [1.165, 1.54) is 30.5 Å². The quantitative estimate of drug-likeness (QED) is 0.519. The Morgan fingerprint density at radius 1 is 1.19 bits per heavy atom. The zero-order valence-corrected chi connectivity index (χ0v) is 22.5. The average Bonchev–Trinajstić information content (AvgIpc) is 3.31. The number of fused-ring (bicyclic) bond motifs is 2. The van der Waals surface area contributed by atoms with E-state index in [1.807, 2.05) is 46.3 Å². The molecule has 1 amide bonds. The van der Waals surface area contributed by atoms with Crippen LogP contribution in [0.2, 0.25) is 5.02 Å². The van der Waals surface area contributed by atoms with Gasteiger partial charge in [-0.05, 0) is 71.3 Å². The number of nitrogens with one attached hydrogen (secondary N) is 2. The molecule has 1 saturated heterocycles. The summed E-state index contributed by atoms with van der Waals surface area (Å²) in [4.78, 5) is 25.0. The summed E-state index contributed by atoms with van der Waals surface area (Å²) in [5, 5.41) is 12.2. The third-order valence-corrected chi connectivity index (χ3v) is 7.74. The molecule has 3 aromatic rings. The fourth-order valence-electron chi connectivity index (χ4n) is 5.62. The van der Waals surface area contributed by atoms with Crippen LogP contribution in [0.3, 0.4) is 0 Å². The van der Waals surface area contributed by atoms with Crippen molar-refractivity contribution >= 4 is 39.8 Å². The molecule has 0 radical (unpaired) electrons. The number of carbonyl (C=O) groups is 1. The molecule has 8 nitrogen and oxygen atoms in total. The zero-order valence-electron chi connectivity index (χ0n) is 21.7. The average molecular weight is 510 g/mol. The Morgan fingerprint density at radius 3 is 2.72 bits per heavy atom. The number of nitrogens with zero attached hydrogens (tertiary/aromatic N) is 5. The van der Waals surface area contributed by atoms with E-state index in [0.29, 0.717) is 12.2 Å². The number of amides is 1. The van der Waals surface area contributed by atoms with Crippen LogP contribution in [0.1, 0.15) is 53.5 Å². The molecule has 4 heterocycles. The predicted molar refractivity (Wildman–Crippen MR) is 146 cm³/mol. The summed E-state index contributed by atoms with van der Waals surface area (Å²) in [5.74, 6) is -0.117. The van der Waals surface area contributed by atoms with Crippen LogP contribution in [0.4, 0.5) is 11.4 Å². The third-order valence-electron chi connectivity index (χ3n) is 7.26. The Balaban J connectivity index is 1.52. The summed E-state index contributed by atoms with van der Waals surface area (Å²) in [6.07, 6.45) is 6.33. The van der Waals surface area contributed by atoms with Gasteiger partial charge in [0.2, 0.25) is 0 Å². The zero-order chi connectivity index (χ0) is 25.4. The first-order valence-electron chi connectivity index (χ1n) is 12.9. The van der Waals surface area contributed by atoms with Crippen LogP contribution in [0.15, 0.2) is 18.3 Å². The molecule has 0 spiro atoms. The molecule has 1 atom stereocenters. The van der Waals surface area contributed by atoms with Gasteiger partial charge in [-0.1, -0.05) is 11.6 Å². The number of aryl methyl sites for hydroxylation is 1. The number of halogens is 1. The highest BCUT2D eigenvalue weighted by atomic mass is 35.5. The van der Waals surface area contributed by atoms with Crippen molar-refractivity contribution in [1.82, 2.24) is 25.4 Å². The Kier molecular flexibility index (Phi) is 7.08. The summed E-state index contributed by atoms with van der Waals surface area (Å²) in [6, 6.07) is 4.09.